The number of hydrogen-bond acceptors (Lipinski definition) is 2. The molecule has 0 bridgehead atoms. The summed E-state index contributed by atoms with van der Waals surface area (Å²) in [6.07, 6.45) is 0. The molecule has 4 heteroatoms. The Morgan fingerprint density at radius 3 is 1.52 bits per heavy atom. The lowest BCUT2D eigenvalue weighted by atomic mass is 9.91. The molecule has 0 aliphatic carbocycles. The van der Waals surface area contributed by atoms with Gasteiger partial charge in [0.1, 0.15) is 17.1 Å². The quantitative estimate of drug-likeness (QED) is 0.649. The van der Waals surface area contributed by atoms with E-state index in [1.165, 1.54) is 44.2 Å². The Balaban J connectivity index is 0.00000385. The minimum absolute atomic E-state index is 0. The van der Waals surface area contributed by atoms with Crippen molar-refractivity contribution >= 4 is 11.4 Å². The number of aliphatic hydroxyl groups excluding tert-OH is 1. The molecule has 3 rings (SSSR count). The van der Waals surface area contributed by atoms with Crippen molar-refractivity contribution in [2.45, 2.75) is 86.0 Å². The molecule has 0 amide bonds. The third-order valence-electron chi connectivity index (χ3n) is 6.96. The molecule has 1 heterocycles. The molecule has 3 nitrogen and oxygen atoms in total. The van der Waals surface area contributed by atoms with Crippen molar-refractivity contribution in [2.24, 2.45) is 0 Å². The van der Waals surface area contributed by atoms with E-state index in [1.807, 2.05) is 0 Å². The molecule has 1 unspecified atom stereocenters. The monoisotopic (exact) mass is 470 g/mol. The lowest BCUT2D eigenvalue weighted by Crippen LogP contribution is -3.05. The summed E-state index contributed by atoms with van der Waals surface area (Å²) in [5, 5.41) is 10.5. The molecule has 1 aliphatic heterocycles. The Kier molecular flexibility index (Phi) is 9.21. The van der Waals surface area contributed by atoms with E-state index in [4.69, 9.17) is 0 Å². The van der Waals surface area contributed by atoms with E-state index in [9.17, 15) is 5.11 Å². The predicted molar refractivity (Wildman–Crippen MR) is 137 cm³/mol. The van der Waals surface area contributed by atoms with Crippen LogP contribution < -0.4 is 22.2 Å². The fourth-order valence-corrected chi connectivity index (χ4v) is 5.16. The number of allylic oxidation sites excluding steroid dienone is 1. The molecule has 0 spiro atoms. The summed E-state index contributed by atoms with van der Waals surface area (Å²) in [7, 11) is 0. The second-order valence-corrected chi connectivity index (χ2v) is 10.5. The van der Waals surface area contributed by atoms with Gasteiger partial charge in [-0.05, 0) is 34.8 Å². The van der Waals surface area contributed by atoms with Crippen LogP contribution in [0.15, 0.2) is 47.8 Å². The number of halogens is 1. The molecule has 2 aromatic rings. The smallest absolute Gasteiger partial charge is 0.166 e. The van der Waals surface area contributed by atoms with E-state index in [2.05, 4.69) is 104 Å². The molecule has 33 heavy (non-hydrogen) atoms. The van der Waals surface area contributed by atoms with Gasteiger partial charge in [0, 0.05) is 18.1 Å². The summed E-state index contributed by atoms with van der Waals surface area (Å²) in [6, 6.07) is 13.5. The zero-order valence-electron chi connectivity index (χ0n) is 22.0. The van der Waals surface area contributed by atoms with Crippen LogP contribution >= 0.6 is 0 Å². The van der Waals surface area contributed by atoms with Crippen molar-refractivity contribution in [1.82, 2.24) is 0 Å². The van der Waals surface area contributed by atoms with E-state index in [0.717, 1.165) is 12.4 Å². The highest BCUT2D eigenvalue weighted by molar-refractivity contribution is 5.66. The summed E-state index contributed by atoms with van der Waals surface area (Å²) < 4.78 is 0. The van der Waals surface area contributed by atoms with Crippen molar-refractivity contribution in [2.75, 3.05) is 18.2 Å². The molecule has 1 aliphatic rings. The average Bonchev–Trinajstić information content (AvgIpc) is 3.07. The minimum Gasteiger partial charge on any atom is -1.00 e. The SMILES string of the molecule is CC1=C(CO)N(c2c(C(C)C)cccc2C(C)C)C[NH+]1c1c(C(C)C)cccc1C(C)C.[Cl-]. The summed E-state index contributed by atoms with van der Waals surface area (Å²) >= 11 is 0. The highest BCUT2D eigenvalue weighted by Gasteiger charge is 2.38. The van der Waals surface area contributed by atoms with E-state index < -0.39 is 0 Å². The number of rotatable bonds is 7. The van der Waals surface area contributed by atoms with Crippen LogP contribution in [0.2, 0.25) is 0 Å². The Bertz CT molecular complexity index is 939. The largest absolute Gasteiger partial charge is 1.00 e. The second-order valence-electron chi connectivity index (χ2n) is 10.5. The predicted octanol–water partition coefficient (Wildman–Crippen LogP) is 3.40. The molecule has 0 saturated heterocycles. The number of hydrogen-bond donors (Lipinski definition) is 2. The molecule has 0 aromatic heterocycles. The fourth-order valence-electron chi connectivity index (χ4n) is 5.16. The maximum Gasteiger partial charge on any atom is 0.166 e. The van der Waals surface area contributed by atoms with Gasteiger partial charge in [-0.1, -0.05) is 91.8 Å². The van der Waals surface area contributed by atoms with Gasteiger partial charge >= 0.3 is 0 Å². The van der Waals surface area contributed by atoms with Crippen LogP contribution in [0, 0.1) is 0 Å². The third kappa shape index (κ3) is 5.16. The van der Waals surface area contributed by atoms with E-state index >= 15 is 0 Å². The lowest BCUT2D eigenvalue weighted by molar-refractivity contribution is -0.783. The van der Waals surface area contributed by atoms with Crippen LogP contribution in [0.3, 0.4) is 0 Å². The molecule has 1 atom stereocenters. The molecular formula is C29H43ClN2O. The first kappa shape index (κ1) is 27.4. The standard InChI is InChI=1S/C29H42N2O.ClH/c1-18(2)23-12-10-13-24(19(3)4)28(23)30-17-31(27(16-32)22(30)9)29-25(20(5)6)14-11-15-26(29)21(7)8;/h10-15,18-21,32H,16-17H2,1-9H3;1H. The van der Waals surface area contributed by atoms with E-state index in [1.54, 1.807) is 0 Å². The van der Waals surface area contributed by atoms with Gasteiger partial charge in [-0.25, -0.2) is 0 Å². The topological polar surface area (TPSA) is 27.9 Å². The first-order chi connectivity index (χ1) is 15.1. The zero-order valence-corrected chi connectivity index (χ0v) is 22.7. The van der Waals surface area contributed by atoms with E-state index in [-0.39, 0.29) is 19.0 Å². The Labute approximate surface area is 207 Å². The number of benzene rings is 2. The summed E-state index contributed by atoms with van der Waals surface area (Å²) in [6.45, 7) is 21.3. The summed E-state index contributed by atoms with van der Waals surface area (Å²) in [5.74, 6) is 1.74. The maximum atomic E-state index is 10.5. The number of anilines is 1. The third-order valence-corrected chi connectivity index (χ3v) is 6.96. The number of quaternary nitrogens is 1. The van der Waals surface area contributed by atoms with Crippen LogP contribution in [0.4, 0.5) is 11.4 Å². The lowest BCUT2D eigenvalue weighted by Gasteiger charge is -2.29. The number of nitrogens with one attached hydrogen (secondary N) is 1. The molecular weight excluding hydrogens is 428 g/mol. The van der Waals surface area contributed by atoms with Crippen LogP contribution in [-0.2, 0) is 0 Å². The Hall–Kier alpha value is -1.81. The Morgan fingerprint density at radius 2 is 1.15 bits per heavy atom. The minimum atomic E-state index is 0. The average molecular weight is 471 g/mol. The van der Waals surface area contributed by atoms with Crippen molar-refractivity contribution in [1.29, 1.82) is 0 Å². The van der Waals surface area contributed by atoms with Gasteiger partial charge in [0.05, 0.1) is 12.3 Å². The molecule has 2 aromatic carbocycles. The molecule has 0 radical (unpaired) electrons. The number of nitrogens with zero attached hydrogens (tertiary/aromatic N) is 1. The van der Waals surface area contributed by atoms with Gasteiger partial charge in [-0.3, -0.25) is 9.80 Å². The maximum absolute atomic E-state index is 10.5. The Morgan fingerprint density at radius 1 is 0.758 bits per heavy atom. The highest BCUT2D eigenvalue weighted by atomic mass is 35.5. The van der Waals surface area contributed by atoms with Gasteiger partial charge in [-0.15, -0.1) is 0 Å². The van der Waals surface area contributed by atoms with Crippen LogP contribution in [0.5, 0.6) is 0 Å². The van der Waals surface area contributed by atoms with Crippen molar-refractivity contribution in [3.63, 3.8) is 0 Å². The molecule has 0 fully saturated rings. The molecule has 0 saturated carbocycles. The number of aliphatic hydroxyl groups is 1. The first-order valence-electron chi connectivity index (χ1n) is 12.3. The summed E-state index contributed by atoms with van der Waals surface area (Å²) in [5.41, 5.74) is 10.5. The second kappa shape index (κ2) is 11.1. The first-order valence-corrected chi connectivity index (χ1v) is 12.3. The fraction of sp³-hybridized carbons (Fsp3) is 0.517. The van der Waals surface area contributed by atoms with Gasteiger partial charge in [0.2, 0.25) is 0 Å². The van der Waals surface area contributed by atoms with Gasteiger partial charge < -0.3 is 17.5 Å². The van der Waals surface area contributed by atoms with Gasteiger partial charge in [-0.2, -0.15) is 0 Å². The summed E-state index contributed by atoms with van der Waals surface area (Å²) in [4.78, 5) is 3.78. The van der Waals surface area contributed by atoms with E-state index in [0.29, 0.717) is 23.7 Å². The normalized spacial score (nSPS) is 16.5. The van der Waals surface area contributed by atoms with Crippen molar-refractivity contribution < 1.29 is 22.4 Å². The van der Waals surface area contributed by atoms with Crippen LogP contribution in [-0.4, -0.2) is 18.4 Å². The van der Waals surface area contributed by atoms with Crippen LogP contribution in [0.25, 0.3) is 0 Å². The highest BCUT2D eigenvalue weighted by Crippen LogP contribution is 2.39. The van der Waals surface area contributed by atoms with Crippen molar-refractivity contribution in [3.05, 3.63) is 70.0 Å². The van der Waals surface area contributed by atoms with Gasteiger partial charge in [0.15, 0.2) is 6.67 Å². The van der Waals surface area contributed by atoms with Gasteiger partial charge in [0.25, 0.3) is 0 Å². The zero-order chi connectivity index (χ0) is 23.7. The molecule has 182 valence electrons. The molecule has 2 N–H and O–H groups in total. The number of para-hydroxylation sites is 2. The van der Waals surface area contributed by atoms with Crippen molar-refractivity contribution in [3.8, 4) is 0 Å². The van der Waals surface area contributed by atoms with Crippen LogP contribution in [0.1, 0.15) is 108 Å².